The van der Waals surface area contributed by atoms with Gasteiger partial charge in [-0.15, -0.1) is 24.0 Å². The predicted molar refractivity (Wildman–Crippen MR) is 119 cm³/mol. The van der Waals surface area contributed by atoms with Crippen molar-refractivity contribution in [1.29, 1.82) is 0 Å². The van der Waals surface area contributed by atoms with Gasteiger partial charge in [-0.05, 0) is 51.2 Å². The second kappa shape index (κ2) is 13.6. The Balaban J connectivity index is 0.00000338. The Morgan fingerprint density at radius 3 is 2.54 bits per heavy atom. The van der Waals surface area contributed by atoms with E-state index in [2.05, 4.69) is 33.9 Å². The lowest BCUT2D eigenvalue weighted by atomic mass is 9.97. The third-order valence-corrected chi connectivity index (χ3v) is 4.17. The molecule has 1 amide bonds. The summed E-state index contributed by atoms with van der Waals surface area (Å²) < 4.78 is 0. The summed E-state index contributed by atoms with van der Waals surface area (Å²) in [6.07, 6.45) is 8.50. The molecule has 0 radical (unpaired) electrons. The summed E-state index contributed by atoms with van der Waals surface area (Å²) in [6.45, 7) is 4.89. The minimum atomic E-state index is -0.0476. The predicted octanol–water partition coefficient (Wildman–Crippen LogP) is 3.48. The first-order chi connectivity index (χ1) is 12.3. The number of halogens is 1. The molecule has 144 valence electrons. The molecular weight excluding hydrogens is 439 g/mol. The van der Waals surface area contributed by atoms with Crippen LogP contribution in [0.4, 0.5) is 0 Å². The van der Waals surface area contributed by atoms with Crippen molar-refractivity contribution in [2.75, 3.05) is 26.2 Å². The van der Waals surface area contributed by atoms with Crippen LogP contribution in [0.3, 0.4) is 0 Å². The van der Waals surface area contributed by atoms with Gasteiger partial charge in [0.2, 0.25) is 0 Å². The van der Waals surface area contributed by atoms with E-state index in [4.69, 9.17) is 0 Å². The first-order valence-corrected chi connectivity index (χ1v) is 9.33. The molecule has 6 heteroatoms. The van der Waals surface area contributed by atoms with Crippen LogP contribution >= 0.6 is 24.0 Å². The number of rotatable bonds is 8. The Morgan fingerprint density at radius 2 is 1.85 bits per heavy atom. The molecule has 0 aliphatic heterocycles. The van der Waals surface area contributed by atoms with Crippen LogP contribution in [0.5, 0.6) is 0 Å². The number of benzene rings is 1. The van der Waals surface area contributed by atoms with Crippen molar-refractivity contribution in [2.24, 2.45) is 4.99 Å². The molecule has 0 aromatic heterocycles. The van der Waals surface area contributed by atoms with E-state index < -0.39 is 0 Å². The quantitative estimate of drug-likeness (QED) is 0.179. The first kappa shape index (κ1) is 22.5. The number of amides is 1. The Labute approximate surface area is 174 Å². The van der Waals surface area contributed by atoms with Crippen molar-refractivity contribution in [2.45, 2.75) is 39.0 Å². The standard InChI is InChI=1S/C20H30N4O.HI/c1-2-21-20(23-14-13-17-9-5-3-6-10-17)24-16-15-22-19(25)18-11-7-4-8-12-18;/h4,7-9,11-12H,2-3,5-6,10,13-16H2,1H3,(H,22,25)(H2,21,23,24);1H. The maximum Gasteiger partial charge on any atom is 0.251 e. The molecule has 5 nitrogen and oxygen atoms in total. The molecule has 0 saturated carbocycles. The van der Waals surface area contributed by atoms with Crippen LogP contribution in [-0.2, 0) is 0 Å². The van der Waals surface area contributed by atoms with Crippen molar-refractivity contribution in [1.82, 2.24) is 16.0 Å². The van der Waals surface area contributed by atoms with Crippen molar-refractivity contribution in [3.8, 4) is 0 Å². The Kier molecular flexibility index (Phi) is 11.8. The fourth-order valence-electron chi connectivity index (χ4n) is 2.83. The maximum atomic E-state index is 12.0. The monoisotopic (exact) mass is 470 g/mol. The lowest BCUT2D eigenvalue weighted by molar-refractivity contribution is 0.0954. The summed E-state index contributed by atoms with van der Waals surface area (Å²) >= 11 is 0. The van der Waals surface area contributed by atoms with E-state index in [1.54, 1.807) is 5.57 Å². The normalized spacial score (nSPS) is 14.0. The Hall–Kier alpha value is -1.57. The number of nitrogens with zero attached hydrogens (tertiary/aromatic N) is 1. The third kappa shape index (κ3) is 8.69. The van der Waals surface area contributed by atoms with Gasteiger partial charge in [0.05, 0.1) is 0 Å². The summed E-state index contributed by atoms with van der Waals surface area (Å²) in [6, 6.07) is 9.26. The fraction of sp³-hybridized carbons (Fsp3) is 0.500. The number of hydrogen-bond acceptors (Lipinski definition) is 2. The van der Waals surface area contributed by atoms with Gasteiger partial charge in [0.15, 0.2) is 5.96 Å². The number of guanidine groups is 1. The topological polar surface area (TPSA) is 65.5 Å². The largest absolute Gasteiger partial charge is 0.357 e. The van der Waals surface area contributed by atoms with Crippen LogP contribution in [0.2, 0.25) is 0 Å². The number of allylic oxidation sites excluding steroid dienone is 1. The van der Waals surface area contributed by atoms with E-state index in [9.17, 15) is 4.79 Å². The molecule has 0 unspecified atom stereocenters. The van der Waals surface area contributed by atoms with E-state index in [-0.39, 0.29) is 29.9 Å². The summed E-state index contributed by atoms with van der Waals surface area (Å²) in [5, 5.41) is 9.43. The molecule has 0 atom stereocenters. The van der Waals surface area contributed by atoms with Crippen molar-refractivity contribution >= 4 is 35.8 Å². The van der Waals surface area contributed by atoms with Gasteiger partial charge in [-0.1, -0.05) is 29.8 Å². The second-order valence-corrected chi connectivity index (χ2v) is 6.17. The second-order valence-electron chi connectivity index (χ2n) is 6.17. The SMILES string of the molecule is CCNC(=NCCC1=CCCCC1)NCCNC(=O)c1ccccc1.I. The minimum absolute atomic E-state index is 0. The molecule has 26 heavy (non-hydrogen) atoms. The van der Waals surface area contributed by atoms with Crippen LogP contribution in [0.1, 0.15) is 49.4 Å². The van der Waals surface area contributed by atoms with Gasteiger partial charge in [-0.3, -0.25) is 9.79 Å². The van der Waals surface area contributed by atoms with Crippen LogP contribution in [0.15, 0.2) is 47.0 Å². The number of hydrogen-bond donors (Lipinski definition) is 3. The molecule has 2 rings (SSSR count). The molecule has 1 aliphatic rings. The number of carbonyl (C=O) groups excluding carboxylic acids is 1. The van der Waals surface area contributed by atoms with Gasteiger partial charge in [-0.25, -0.2) is 0 Å². The van der Waals surface area contributed by atoms with Crippen LogP contribution in [-0.4, -0.2) is 38.0 Å². The summed E-state index contributed by atoms with van der Waals surface area (Å²) in [4.78, 5) is 16.6. The molecule has 1 aromatic carbocycles. The molecular formula is C20H31IN4O. The number of nitrogens with one attached hydrogen (secondary N) is 3. The molecule has 3 N–H and O–H groups in total. The molecule has 0 bridgehead atoms. The molecule has 0 fully saturated rings. The van der Waals surface area contributed by atoms with Crippen molar-refractivity contribution in [3.63, 3.8) is 0 Å². The number of carbonyl (C=O) groups is 1. The molecule has 1 aromatic rings. The minimum Gasteiger partial charge on any atom is -0.357 e. The summed E-state index contributed by atoms with van der Waals surface area (Å²) in [5.41, 5.74) is 2.23. The van der Waals surface area contributed by atoms with Gasteiger partial charge in [0.1, 0.15) is 0 Å². The maximum absolute atomic E-state index is 12.0. The van der Waals surface area contributed by atoms with E-state index >= 15 is 0 Å². The Morgan fingerprint density at radius 1 is 1.08 bits per heavy atom. The smallest absolute Gasteiger partial charge is 0.251 e. The highest BCUT2D eigenvalue weighted by atomic mass is 127. The van der Waals surface area contributed by atoms with Gasteiger partial charge < -0.3 is 16.0 Å². The summed E-state index contributed by atoms with van der Waals surface area (Å²) in [5.74, 6) is 0.765. The van der Waals surface area contributed by atoms with E-state index in [0.29, 0.717) is 18.7 Å². The zero-order chi connectivity index (χ0) is 17.7. The van der Waals surface area contributed by atoms with Gasteiger partial charge in [-0.2, -0.15) is 0 Å². The zero-order valence-corrected chi connectivity index (χ0v) is 17.9. The summed E-state index contributed by atoms with van der Waals surface area (Å²) in [7, 11) is 0. The van der Waals surface area contributed by atoms with Crippen LogP contribution in [0.25, 0.3) is 0 Å². The van der Waals surface area contributed by atoms with Crippen molar-refractivity contribution < 1.29 is 4.79 Å². The van der Waals surface area contributed by atoms with E-state index in [1.165, 1.54) is 25.7 Å². The van der Waals surface area contributed by atoms with Gasteiger partial charge in [0, 0.05) is 31.7 Å². The van der Waals surface area contributed by atoms with Gasteiger partial charge >= 0.3 is 0 Å². The van der Waals surface area contributed by atoms with E-state index in [0.717, 1.165) is 25.5 Å². The van der Waals surface area contributed by atoms with Crippen LogP contribution in [0, 0.1) is 0 Å². The van der Waals surface area contributed by atoms with E-state index in [1.807, 2.05) is 30.3 Å². The highest BCUT2D eigenvalue weighted by Gasteiger charge is 2.05. The lowest BCUT2D eigenvalue weighted by Gasteiger charge is -2.13. The zero-order valence-electron chi connectivity index (χ0n) is 15.6. The van der Waals surface area contributed by atoms with Crippen LogP contribution < -0.4 is 16.0 Å². The third-order valence-electron chi connectivity index (χ3n) is 4.17. The Bertz CT molecular complexity index is 587. The molecule has 0 heterocycles. The van der Waals surface area contributed by atoms with Crippen molar-refractivity contribution in [3.05, 3.63) is 47.5 Å². The first-order valence-electron chi connectivity index (χ1n) is 9.33. The average molecular weight is 470 g/mol. The lowest BCUT2D eigenvalue weighted by Crippen LogP contribution is -2.41. The highest BCUT2D eigenvalue weighted by Crippen LogP contribution is 2.19. The average Bonchev–Trinajstić information content (AvgIpc) is 2.66. The number of aliphatic imine (C=N–C) groups is 1. The highest BCUT2D eigenvalue weighted by molar-refractivity contribution is 14.0. The van der Waals surface area contributed by atoms with Gasteiger partial charge in [0.25, 0.3) is 5.91 Å². The molecule has 0 spiro atoms. The molecule has 0 saturated heterocycles. The fourth-order valence-corrected chi connectivity index (χ4v) is 2.83. The molecule has 1 aliphatic carbocycles.